The number of hydrogen-bond donors (Lipinski definition) is 3. The molecule has 1 unspecified atom stereocenters. The Morgan fingerprint density at radius 3 is 3.17 bits per heavy atom. The maximum Gasteiger partial charge on any atom is 0.257 e. The highest BCUT2D eigenvalue weighted by Crippen LogP contribution is 2.03. The number of carbonyl (C=O) groups excluding carboxylic acids is 1. The highest BCUT2D eigenvalue weighted by Gasteiger charge is 2.13. The summed E-state index contributed by atoms with van der Waals surface area (Å²) in [6, 6.07) is 0.378. The molecule has 0 aromatic rings. The Balaban J connectivity index is 1.97. The Morgan fingerprint density at radius 1 is 1.75 bits per heavy atom. The monoisotopic (exact) mass is 173 g/mol. The minimum atomic E-state index is -0.284. The smallest absolute Gasteiger partial charge is 0.257 e. The van der Waals surface area contributed by atoms with Crippen LogP contribution in [0.15, 0.2) is 0 Å². The Kier molecular flexibility index (Phi) is 3.99. The van der Waals surface area contributed by atoms with Crippen LogP contribution in [0.5, 0.6) is 0 Å². The number of nitrogens with one attached hydrogen (secondary N) is 2. The van der Waals surface area contributed by atoms with Gasteiger partial charge in [0.15, 0.2) is 0 Å². The number of rotatable bonds is 4. The molecule has 5 nitrogen and oxygen atoms in total. The SMILES string of the molecule is NCC(=O)NOCC1CCCN1. The van der Waals surface area contributed by atoms with Gasteiger partial charge in [-0.1, -0.05) is 0 Å². The summed E-state index contributed by atoms with van der Waals surface area (Å²) in [4.78, 5) is 15.5. The van der Waals surface area contributed by atoms with Crippen LogP contribution in [-0.2, 0) is 9.63 Å². The molecule has 5 heteroatoms. The summed E-state index contributed by atoms with van der Waals surface area (Å²) in [5, 5.41) is 3.24. The van der Waals surface area contributed by atoms with Crippen LogP contribution in [0.25, 0.3) is 0 Å². The third-order valence-electron chi connectivity index (χ3n) is 1.82. The van der Waals surface area contributed by atoms with Crippen LogP contribution in [0.3, 0.4) is 0 Å². The van der Waals surface area contributed by atoms with E-state index in [1.165, 1.54) is 6.42 Å². The fourth-order valence-corrected chi connectivity index (χ4v) is 1.16. The molecule has 0 saturated carbocycles. The van der Waals surface area contributed by atoms with E-state index in [0.29, 0.717) is 12.6 Å². The van der Waals surface area contributed by atoms with Crippen LogP contribution in [-0.4, -0.2) is 31.6 Å². The molecule has 0 aromatic carbocycles. The van der Waals surface area contributed by atoms with Crippen LogP contribution >= 0.6 is 0 Å². The molecule has 1 rings (SSSR count). The van der Waals surface area contributed by atoms with Crippen molar-refractivity contribution in [3.8, 4) is 0 Å². The summed E-state index contributed by atoms with van der Waals surface area (Å²) in [5.74, 6) is -0.284. The normalized spacial score (nSPS) is 22.6. The first kappa shape index (κ1) is 9.44. The van der Waals surface area contributed by atoms with Gasteiger partial charge in [0, 0.05) is 6.04 Å². The minimum absolute atomic E-state index is 0.0297. The van der Waals surface area contributed by atoms with E-state index in [1.54, 1.807) is 0 Å². The fourth-order valence-electron chi connectivity index (χ4n) is 1.16. The lowest BCUT2D eigenvalue weighted by molar-refractivity contribution is -0.132. The van der Waals surface area contributed by atoms with E-state index in [4.69, 9.17) is 10.6 Å². The molecule has 1 aliphatic heterocycles. The van der Waals surface area contributed by atoms with Crippen LogP contribution in [0, 0.1) is 0 Å². The maximum atomic E-state index is 10.6. The van der Waals surface area contributed by atoms with Crippen molar-refractivity contribution in [2.24, 2.45) is 5.73 Å². The van der Waals surface area contributed by atoms with Gasteiger partial charge in [-0.2, -0.15) is 0 Å². The molecule has 0 radical (unpaired) electrons. The van der Waals surface area contributed by atoms with Crippen molar-refractivity contribution in [1.82, 2.24) is 10.8 Å². The quantitative estimate of drug-likeness (QED) is 0.464. The molecule has 1 saturated heterocycles. The lowest BCUT2D eigenvalue weighted by Crippen LogP contribution is -2.35. The second-order valence-electron chi connectivity index (χ2n) is 2.83. The van der Waals surface area contributed by atoms with Crippen LogP contribution < -0.4 is 16.5 Å². The summed E-state index contributed by atoms with van der Waals surface area (Å²) in [6.07, 6.45) is 2.29. The molecule has 0 aliphatic carbocycles. The molecular weight excluding hydrogens is 158 g/mol. The third-order valence-corrected chi connectivity index (χ3v) is 1.82. The average Bonchev–Trinajstić information content (AvgIpc) is 2.57. The second-order valence-corrected chi connectivity index (χ2v) is 2.83. The molecule has 0 spiro atoms. The number of hydroxylamine groups is 1. The summed E-state index contributed by atoms with van der Waals surface area (Å²) in [5.41, 5.74) is 7.31. The van der Waals surface area contributed by atoms with Crippen molar-refractivity contribution in [2.75, 3.05) is 19.7 Å². The van der Waals surface area contributed by atoms with Gasteiger partial charge in [0.05, 0.1) is 13.2 Å². The van der Waals surface area contributed by atoms with Crippen molar-refractivity contribution >= 4 is 5.91 Å². The van der Waals surface area contributed by atoms with Gasteiger partial charge in [-0.25, -0.2) is 5.48 Å². The van der Waals surface area contributed by atoms with Crippen molar-refractivity contribution in [1.29, 1.82) is 0 Å². The third kappa shape index (κ3) is 3.17. The minimum Gasteiger partial charge on any atom is -0.322 e. The van der Waals surface area contributed by atoms with E-state index in [-0.39, 0.29) is 12.5 Å². The molecule has 70 valence electrons. The molecule has 1 fully saturated rings. The van der Waals surface area contributed by atoms with E-state index >= 15 is 0 Å². The molecule has 1 heterocycles. The zero-order chi connectivity index (χ0) is 8.81. The van der Waals surface area contributed by atoms with Crippen LogP contribution in [0.2, 0.25) is 0 Å². The fraction of sp³-hybridized carbons (Fsp3) is 0.857. The standard InChI is InChI=1S/C7H15N3O2/c8-4-7(11)10-12-5-6-2-1-3-9-6/h6,9H,1-5,8H2,(H,10,11). The first-order chi connectivity index (χ1) is 5.83. The van der Waals surface area contributed by atoms with Gasteiger partial charge in [-0.05, 0) is 19.4 Å². The summed E-state index contributed by atoms with van der Waals surface area (Å²) in [6.45, 7) is 1.53. The van der Waals surface area contributed by atoms with E-state index in [1.807, 2.05) is 0 Å². The lowest BCUT2D eigenvalue weighted by Gasteiger charge is -2.09. The van der Waals surface area contributed by atoms with Crippen molar-refractivity contribution < 1.29 is 9.63 Å². The first-order valence-corrected chi connectivity index (χ1v) is 4.17. The highest BCUT2D eigenvalue weighted by molar-refractivity contribution is 5.76. The van der Waals surface area contributed by atoms with E-state index in [9.17, 15) is 4.79 Å². The van der Waals surface area contributed by atoms with Gasteiger partial charge in [-0.3, -0.25) is 9.63 Å². The summed E-state index contributed by atoms with van der Waals surface area (Å²) < 4.78 is 0. The van der Waals surface area contributed by atoms with Crippen LogP contribution in [0.1, 0.15) is 12.8 Å². The van der Waals surface area contributed by atoms with Gasteiger partial charge in [0.25, 0.3) is 5.91 Å². The Morgan fingerprint density at radius 2 is 2.58 bits per heavy atom. The van der Waals surface area contributed by atoms with Crippen molar-refractivity contribution in [3.05, 3.63) is 0 Å². The Hall–Kier alpha value is -0.650. The predicted octanol–water partition coefficient (Wildman–Crippen LogP) is -1.26. The average molecular weight is 173 g/mol. The molecule has 0 aromatic heterocycles. The van der Waals surface area contributed by atoms with Crippen LogP contribution in [0.4, 0.5) is 0 Å². The van der Waals surface area contributed by atoms with Gasteiger partial charge in [0.2, 0.25) is 0 Å². The number of hydrogen-bond acceptors (Lipinski definition) is 4. The number of nitrogens with two attached hydrogens (primary N) is 1. The van der Waals surface area contributed by atoms with Gasteiger partial charge >= 0.3 is 0 Å². The highest BCUT2D eigenvalue weighted by atomic mass is 16.7. The molecular formula is C7H15N3O2. The van der Waals surface area contributed by atoms with Gasteiger partial charge < -0.3 is 11.1 Å². The topological polar surface area (TPSA) is 76.4 Å². The lowest BCUT2D eigenvalue weighted by atomic mass is 10.2. The predicted molar refractivity (Wildman–Crippen MR) is 44.2 cm³/mol. The zero-order valence-corrected chi connectivity index (χ0v) is 7.01. The molecule has 0 bridgehead atoms. The second kappa shape index (κ2) is 5.08. The maximum absolute atomic E-state index is 10.6. The number of amides is 1. The van der Waals surface area contributed by atoms with Crippen molar-refractivity contribution in [2.45, 2.75) is 18.9 Å². The number of carbonyl (C=O) groups is 1. The van der Waals surface area contributed by atoms with Gasteiger partial charge in [0.1, 0.15) is 0 Å². The summed E-state index contributed by atoms with van der Waals surface area (Å²) >= 11 is 0. The first-order valence-electron chi connectivity index (χ1n) is 4.17. The molecule has 1 amide bonds. The van der Waals surface area contributed by atoms with Gasteiger partial charge in [-0.15, -0.1) is 0 Å². The summed E-state index contributed by atoms with van der Waals surface area (Å²) in [7, 11) is 0. The van der Waals surface area contributed by atoms with E-state index < -0.39 is 0 Å². The van der Waals surface area contributed by atoms with E-state index in [0.717, 1.165) is 13.0 Å². The molecule has 1 atom stereocenters. The largest absolute Gasteiger partial charge is 0.322 e. The molecule has 4 N–H and O–H groups in total. The Bertz CT molecular complexity index is 146. The zero-order valence-electron chi connectivity index (χ0n) is 7.01. The molecule has 12 heavy (non-hydrogen) atoms. The van der Waals surface area contributed by atoms with Crippen molar-refractivity contribution in [3.63, 3.8) is 0 Å². The van der Waals surface area contributed by atoms with E-state index in [2.05, 4.69) is 10.8 Å². The Labute approximate surface area is 71.6 Å². The molecule has 1 aliphatic rings.